The van der Waals surface area contributed by atoms with Gasteiger partial charge in [-0.1, -0.05) is 250 Å². The molecule has 1 amide bonds. The van der Waals surface area contributed by atoms with E-state index in [0.29, 0.717) is 6.42 Å². The van der Waals surface area contributed by atoms with E-state index in [4.69, 9.17) is 0 Å². The molecule has 0 aliphatic heterocycles. The number of carbonyl (C=O) groups excluding carboxylic acids is 1. The minimum atomic E-state index is -1.10. The van der Waals surface area contributed by atoms with Crippen molar-refractivity contribution in [1.29, 1.82) is 0 Å². The second kappa shape index (κ2) is 46.5. The van der Waals surface area contributed by atoms with Crippen LogP contribution in [0.25, 0.3) is 0 Å². The summed E-state index contributed by atoms with van der Waals surface area (Å²) in [5, 5.41) is 33.3. The largest absolute Gasteiger partial charge is 0.394 e. The molecular weight excluding hydrogens is 691 g/mol. The summed E-state index contributed by atoms with van der Waals surface area (Å²) in [6, 6.07) is -0.799. The first-order valence-electron chi connectivity index (χ1n) is 25.2. The molecule has 0 aliphatic carbocycles. The van der Waals surface area contributed by atoms with Crippen molar-refractivity contribution < 1.29 is 20.1 Å². The van der Waals surface area contributed by atoms with E-state index in [1.807, 2.05) is 6.08 Å². The molecule has 3 atom stereocenters. The summed E-state index contributed by atoms with van der Waals surface area (Å²) in [6.45, 7) is 4.21. The summed E-state index contributed by atoms with van der Waals surface area (Å²) in [7, 11) is 0. The number of unbranched alkanes of at least 4 members (excludes halogenated alkanes) is 36. The van der Waals surface area contributed by atoms with Crippen LogP contribution >= 0.6 is 0 Å². The average Bonchev–Trinajstić information content (AvgIpc) is 3.20. The Bertz CT molecular complexity index is 829. The third kappa shape index (κ3) is 41.0. The molecule has 5 heteroatoms. The highest BCUT2D eigenvalue weighted by atomic mass is 16.3. The Morgan fingerprint density at radius 1 is 0.429 bits per heavy atom. The van der Waals surface area contributed by atoms with Crippen LogP contribution in [0, 0.1) is 0 Å². The number of nitrogens with one attached hydrogen (secondary N) is 1. The van der Waals surface area contributed by atoms with Gasteiger partial charge in [-0.25, -0.2) is 0 Å². The second-order valence-corrected chi connectivity index (χ2v) is 17.4. The summed E-state index contributed by atoms with van der Waals surface area (Å²) >= 11 is 0. The Morgan fingerprint density at radius 2 is 0.714 bits per heavy atom. The zero-order chi connectivity index (χ0) is 40.8. The molecule has 4 N–H and O–H groups in total. The van der Waals surface area contributed by atoms with E-state index in [2.05, 4.69) is 31.3 Å². The van der Waals surface area contributed by atoms with Crippen molar-refractivity contribution in [2.24, 2.45) is 0 Å². The van der Waals surface area contributed by atoms with Crippen molar-refractivity contribution >= 4 is 5.91 Å². The number of rotatable bonds is 46. The Kier molecular flexibility index (Phi) is 45.5. The molecule has 0 saturated heterocycles. The van der Waals surface area contributed by atoms with Gasteiger partial charge in [0.2, 0.25) is 5.91 Å². The second-order valence-electron chi connectivity index (χ2n) is 17.4. The molecule has 0 aromatic carbocycles. The maximum atomic E-state index is 12.5. The maximum absolute atomic E-state index is 12.5. The predicted molar refractivity (Wildman–Crippen MR) is 245 cm³/mol. The molecule has 0 radical (unpaired) electrons. The number of allylic oxidation sites excluding steroid dienone is 3. The lowest BCUT2D eigenvalue weighted by Gasteiger charge is -2.21. The van der Waals surface area contributed by atoms with Gasteiger partial charge in [-0.15, -0.1) is 0 Å². The van der Waals surface area contributed by atoms with Crippen molar-refractivity contribution in [2.45, 2.75) is 289 Å². The number of hydrogen-bond donors (Lipinski definition) is 4. The number of aliphatic hydroxyl groups excluding tert-OH is 3. The van der Waals surface area contributed by atoms with E-state index in [1.54, 1.807) is 6.08 Å². The van der Waals surface area contributed by atoms with Gasteiger partial charge in [-0.2, -0.15) is 0 Å². The molecule has 3 unspecified atom stereocenters. The lowest BCUT2D eigenvalue weighted by Crippen LogP contribution is -2.48. The van der Waals surface area contributed by atoms with Gasteiger partial charge in [-0.05, 0) is 44.9 Å². The van der Waals surface area contributed by atoms with E-state index in [9.17, 15) is 20.1 Å². The average molecular weight is 790 g/mol. The third-order valence-corrected chi connectivity index (χ3v) is 11.8. The molecule has 0 aliphatic rings. The number of amides is 1. The number of aliphatic hydroxyl groups is 3. The van der Waals surface area contributed by atoms with E-state index in [1.165, 1.54) is 218 Å². The van der Waals surface area contributed by atoms with Crippen molar-refractivity contribution in [2.75, 3.05) is 6.61 Å². The van der Waals surface area contributed by atoms with Gasteiger partial charge in [0.15, 0.2) is 0 Å². The van der Waals surface area contributed by atoms with Gasteiger partial charge in [0, 0.05) is 0 Å². The van der Waals surface area contributed by atoms with Gasteiger partial charge in [0.1, 0.15) is 6.10 Å². The summed E-state index contributed by atoms with van der Waals surface area (Å²) in [5.74, 6) is -0.504. The predicted octanol–water partition coefficient (Wildman–Crippen LogP) is 14.9. The molecule has 0 fully saturated rings. The molecule has 5 nitrogen and oxygen atoms in total. The van der Waals surface area contributed by atoms with E-state index in [0.717, 1.165) is 32.1 Å². The molecule has 0 saturated carbocycles. The molecular formula is C51H99NO4. The fourth-order valence-electron chi connectivity index (χ4n) is 7.83. The molecule has 0 aromatic rings. The van der Waals surface area contributed by atoms with Gasteiger partial charge < -0.3 is 20.6 Å². The van der Waals surface area contributed by atoms with Gasteiger partial charge in [0.25, 0.3) is 0 Å². The summed E-state index contributed by atoms with van der Waals surface area (Å²) < 4.78 is 0. The summed E-state index contributed by atoms with van der Waals surface area (Å²) in [4.78, 5) is 12.5. The molecule has 56 heavy (non-hydrogen) atoms. The third-order valence-electron chi connectivity index (χ3n) is 11.8. The smallest absolute Gasteiger partial charge is 0.249 e. The van der Waals surface area contributed by atoms with Crippen molar-refractivity contribution in [1.82, 2.24) is 5.32 Å². The van der Waals surface area contributed by atoms with Crippen molar-refractivity contribution in [3.63, 3.8) is 0 Å². The van der Waals surface area contributed by atoms with Crippen LogP contribution in [0.1, 0.15) is 271 Å². The van der Waals surface area contributed by atoms with Crippen LogP contribution in [0.15, 0.2) is 24.3 Å². The first kappa shape index (κ1) is 54.8. The quantitative estimate of drug-likeness (QED) is 0.0365. The standard InChI is InChI=1S/C51H99NO4/c1-3-5-7-9-11-13-15-17-19-21-23-25-26-28-30-32-34-36-38-40-42-44-46-50(55)51(56)52-48(47-53)49(54)45-43-41-39-37-35-33-31-29-27-24-22-20-18-16-14-12-10-8-6-4-2/h28,30,43,45,48-50,53-55H,3-27,29,31-42,44,46-47H2,1-2H3,(H,52,56)/b30-28-,45-43+. The molecule has 332 valence electrons. The Hall–Kier alpha value is -1.17. The fourth-order valence-corrected chi connectivity index (χ4v) is 7.83. The SMILES string of the molecule is CCCCCCCCCCCCCC/C=C\CCCCCCCCC(O)C(=O)NC(CO)C(O)/C=C/CCCCCCCCCCCCCCCCCCCC. The fraction of sp³-hybridized carbons (Fsp3) is 0.902. The maximum Gasteiger partial charge on any atom is 0.249 e. The molecule has 0 spiro atoms. The van der Waals surface area contributed by atoms with Crippen LogP contribution in [0.3, 0.4) is 0 Å². The highest BCUT2D eigenvalue weighted by Gasteiger charge is 2.22. The summed E-state index contributed by atoms with van der Waals surface area (Å²) in [5.41, 5.74) is 0. The van der Waals surface area contributed by atoms with Crippen LogP contribution < -0.4 is 5.32 Å². The minimum absolute atomic E-state index is 0.363. The van der Waals surface area contributed by atoms with Crippen LogP contribution in [-0.2, 0) is 4.79 Å². The van der Waals surface area contributed by atoms with Gasteiger partial charge in [-0.3, -0.25) is 4.79 Å². The topological polar surface area (TPSA) is 89.8 Å². The lowest BCUT2D eigenvalue weighted by atomic mass is 10.0. The van der Waals surface area contributed by atoms with E-state index < -0.39 is 24.2 Å². The zero-order valence-electron chi connectivity index (χ0n) is 37.8. The number of carbonyl (C=O) groups is 1. The molecule has 0 aromatic heterocycles. The molecule has 0 bridgehead atoms. The van der Waals surface area contributed by atoms with Crippen molar-refractivity contribution in [3.05, 3.63) is 24.3 Å². The van der Waals surface area contributed by atoms with Crippen LogP contribution in [0.5, 0.6) is 0 Å². The molecule has 0 heterocycles. The Labute approximate surface area is 350 Å². The highest BCUT2D eigenvalue weighted by Crippen LogP contribution is 2.16. The first-order chi connectivity index (χ1) is 27.6. The van der Waals surface area contributed by atoms with Crippen LogP contribution in [0.2, 0.25) is 0 Å². The van der Waals surface area contributed by atoms with E-state index >= 15 is 0 Å². The zero-order valence-corrected chi connectivity index (χ0v) is 37.8. The summed E-state index contributed by atoms with van der Waals surface area (Å²) in [6.07, 6.45) is 58.0. The lowest BCUT2D eigenvalue weighted by molar-refractivity contribution is -0.131. The van der Waals surface area contributed by atoms with E-state index in [-0.39, 0.29) is 6.61 Å². The number of hydrogen-bond acceptors (Lipinski definition) is 4. The Morgan fingerprint density at radius 3 is 1.04 bits per heavy atom. The minimum Gasteiger partial charge on any atom is -0.394 e. The Balaban J connectivity index is 3.62. The van der Waals surface area contributed by atoms with Gasteiger partial charge in [0.05, 0.1) is 18.8 Å². The highest BCUT2D eigenvalue weighted by molar-refractivity contribution is 5.80. The van der Waals surface area contributed by atoms with Gasteiger partial charge >= 0.3 is 0 Å². The van der Waals surface area contributed by atoms with Crippen LogP contribution in [-0.4, -0.2) is 46.1 Å². The van der Waals surface area contributed by atoms with Crippen LogP contribution in [0.4, 0.5) is 0 Å². The van der Waals surface area contributed by atoms with Crippen molar-refractivity contribution in [3.8, 4) is 0 Å². The molecule has 0 rings (SSSR count). The first-order valence-corrected chi connectivity index (χ1v) is 25.2. The normalized spacial score (nSPS) is 13.6. The monoisotopic (exact) mass is 790 g/mol.